The summed E-state index contributed by atoms with van der Waals surface area (Å²) in [5, 5.41) is 18.0. The zero-order valence-electron chi connectivity index (χ0n) is 16.8. The summed E-state index contributed by atoms with van der Waals surface area (Å²) in [5.74, 6) is 1.69. The number of thioether (sulfide) groups is 1. The van der Waals surface area contributed by atoms with Gasteiger partial charge in [-0.2, -0.15) is 10.4 Å². The summed E-state index contributed by atoms with van der Waals surface area (Å²) in [5.41, 5.74) is 1.86. The smallest absolute Gasteiger partial charge is 0.251 e. The summed E-state index contributed by atoms with van der Waals surface area (Å²) in [4.78, 5) is 24.1. The van der Waals surface area contributed by atoms with E-state index in [4.69, 9.17) is 15.2 Å². The lowest BCUT2D eigenvalue weighted by molar-refractivity contribution is 0.0952. The summed E-state index contributed by atoms with van der Waals surface area (Å²) in [7, 11) is 0. The SMILES string of the molecule is CCSc1nc(N2CCCC2)c2cnn(CCNC(=O)c3ccc(C#N)cc3)c2n1. The normalized spacial score (nSPS) is 13.5. The van der Waals surface area contributed by atoms with E-state index in [-0.39, 0.29) is 5.91 Å². The number of fused-ring (bicyclic) bond motifs is 1. The largest absolute Gasteiger partial charge is 0.356 e. The molecule has 154 valence electrons. The Morgan fingerprint density at radius 2 is 2.00 bits per heavy atom. The first kappa shape index (κ1) is 20.2. The average Bonchev–Trinajstić information content (AvgIpc) is 3.44. The second-order valence-electron chi connectivity index (χ2n) is 7.01. The van der Waals surface area contributed by atoms with Crippen molar-refractivity contribution in [1.29, 1.82) is 5.26 Å². The fourth-order valence-corrected chi connectivity index (χ4v) is 4.08. The van der Waals surface area contributed by atoms with Gasteiger partial charge in [0.25, 0.3) is 5.91 Å². The molecule has 4 rings (SSSR count). The molecule has 1 saturated heterocycles. The highest BCUT2D eigenvalue weighted by Crippen LogP contribution is 2.29. The molecule has 1 aliphatic rings. The van der Waals surface area contributed by atoms with E-state index in [1.54, 1.807) is 36.0 Å². The van der Waals surface area contributed by atoms with Crippen LogP contribution >= 0.6 is 11.8 Å². The molecule has 0 aliphatic carbocycles. The van der Waals surface area contributed by atoms with Crippen LogP contribution in [0.4, 0.5) is 5.82 Å². The minimum absolute atomic E-state index is 0.175. The van der Waals surface area contributed by atoms with Gasteiger partial charge in [-0.25, -0.2) is 14.6 Å². The lowest BCUT2D eigenvalue weighted by Crippen LogP contribution is -2.27. The molecule has 1 amide bonds. The Bertz CT molecular complexity index is 1080. The van der Waals surface area contributed by atoms with E-state index in [0.717, 1.165) is 40.9 Å². The Morgan fingerprint density at radius 3 is 2.70 bits per heavy atom. The van der Waals surface area contributed by atoms with E-state index in [0.29, 0.717) is 24.2 Å². The van der Waals surface area contributed by atoms with Crippen molar-refractivity contribution in [3.63, 3.8) is 0 Å². The van der Waals surface area contributed by atoms with Crippen molar-refractivity contribution in [2.75, 3.05) is 30.3 Å². The van der Waals surface area contributed by atoms with Crippen molar-refractivity contribution in [1.82, 2.24) is 25.1 Å². The van der Waals surface area contributed by atoms with Crippen LogP contribution in [0.2, 0.25) is 0 Å². The fraction of sp³-hybridized carbons (Fsp3) is 0.381. The number of carbonyl (C=O) groups excluding carboxylic acids is 1. The molecule has 1 N–H and O–H groups in total. The molecular weight excluding hydrogens is 398 g/mol. The van der Waals surface area contributed by atoms with Crippen LogP contribution in [-0.2, 0) is 6.54 Å². The van der Waals surface area contributed by atoms with Crippen molar-refractivity contribution < 1.29 is 4.79 Å². The number of hydrogen-bond acceptors (Lipinski definition) is 7. The number of carbonyl (C=O) groups is 1. The first-order valence-corrected chi connectivity index (χ1v) is 11.1. The second-order valence-corrected chi connectivity index (χ2v) is 8.24. The van der Waals surface area contributed by atoms with Gasteiger partial charge in [-0.05, 0) is 42.9 Å². The highest BCUT2D eigenvalue weighted by molar-refractivity contribution is 7.99. The molecule has 0 unspecified atom stereocenters. The predicted molar refractivity (Wildman–Crippen MR) is 117 cm³/mol. The van der Waals surface area contributed by atoms with Gasteiger partial charge >= 0.3 is 0 Å². The van der Waals surface area contributed by atoms with Gasteiger partial charge in [-0.15, -0.1) is 0 Å². The number of benzene rings is 1. The number of nitriles is 1. The minimum atomic E-state index is -0.175. The van der Waals surface area contributed by atoms with E-state index in [9.17, 15) is 4.79 Å². The molecule has 0 saturated carbocycles. The molecule has 9 heteroatoms. The molecule has 30 heavy (non-hydrogen) atoms. The molecule has 0 atom stereocenters. The van der Waals surface area contributed by atoms with Gasteiger partial charge in [0, 0.05) is 25.2 Å². The minimum Gasteiger partial charge on any atom is -0.356 e. The molecule has 3 heterocycles. The monoisotopic (exact) mass is 421 g/mol. The molecule has 3 aromatic rings. The third-order valence-electron chi connectivity index (χ3n) is 5.02. The molecular formula is C21H23N7OS. The summed E-state index contributed by atoms with van der Waals surface area (Å²) < 4.78 is 1.83. The van der Waals surface area contributed by atoms with Gasteiger partial charge < -0.3 is 10.2 Å². The Morgan fingerprint density at radius 1 is 1.23 bits per heavy atom. The Balaban J connectivity index is 1.49. The number of nitrogens with zero attached hydrogens (tertiary/aromatic N) is 6. The molecule has 2 aromatic heterocycles. The Labute approximate surface area is 179 Å². The molecule has 1 aromatic carbocycles. The van der Waals surface area contributed by atoms with E-state index in [1.807, 2.05) is 16.9 Å². The highest BCUT2D eigenvalue weighted by atomic mass is 32.2. The third kappa shape index (κ3) is 4.24. The first-order valence-electron chi connectivity index (χ1n) is 10.1. The van der Waals surface area contributed by atoms with Crippen LogP contribution in [-0.4, -0.2) is 51.0 Å². The van der Waals surface area contributed by atoms with Crippen LogP contribution < -0.4 is 10.2 Å². The molecule has 0 radical (unpaired) electrons. The number of anilines is 1. The van der Waals surface area contributed by atoms with Crippen LogP contribution in [0.1, 0.15) is 35.7 Å². The quantitative estimate of drug-likeness (QED) is 0.462. The van der Waals surface area contributed by atoms with Gasteiger partial charge in [0.1, 0.15) is 5.82 Å². The molecule has 0 spiro atoms. The maximum atomic E-state index is 12.3. The molecule has 0 bridgehead atoms. The van der Waals surface area contributed by atoms with Gasteiger partial charge in [0.2, 0.25) is 0 Å². The van der Waals surface area contributed by atoms with E-state index in [1.165, 1.54) is 12.8 Å². The van der Waals surface area contributed by atoms with Crippen molar-refractivity contribution >= 4 is 34.5 Å². The van der Waals surface area contributed by atoms with E-state index < -0.39 is 0 Å². The number of rotatable bonds is 7. The van der Waals surface area contributed by atoms with Crippen molar-refractivity contribution in [2.45, 2.75) is 31.5 Å². The lowest BCUT2D eigenvalue weighted by atomic mass is 10.1. The predicted octanol–water partition coefficient (Wildman–Crippen LogP) is 2.84. The topological polar surface area (TPSA) is 99.7 Å². The summed E-state index contributed by atoms with van der Waals surface area (Å²) >= 11 is 1.62. The fourth-order valence-electron chi connectivity index (χ4n) is 3.52. The van der Waals surface area contributed by atoms with E-state index in [2.05, 4.69) is 22.2 Å². The summed E-state index contributed by atoms with van der Waals surface area (Å²) in [6.07, 6.45) is 4.18. The zero-order chi connectivity index (χ0) is 20.9. The Kier molecular flexibility index (Phi) is 6.14. The van der Waals surface area contributed by atoms with Crippen LogP contribution in [0.5, 0.6) is 0 Å². The van der Waals surface area contributed by atoms with Crippen LogP contribution in [0, 0.1) is 11.3 Å². The lowest BCUT2D eigenvalue weighted by Gasteiger charge is -2.17. The van der Waals surface area contributed by atoms with Crippen LogP contribution in [0.15, 0.2) is 35.6 Å². The number of nitrogens with one attached hydrogen (secondary N) is 1. The van der Waals surface area contributed by atoms with Crippen molar-refractivity contribution in [3.8, 4) is 6.07 Å². The maximum absolute atomic E-state index is 12.3. The van der Waals surface area contributed by atoms with Crippen LogP contribution in [0.25, 0.3) is 11.0 Å². The van der Waals surface area contributed by atoms with Gasteiger partial charge in [-0.1, -0.05) is 18.7 Å². The summed E-state index contributed by atoms with van der Waals surface area (Å²) in [6, 6.07) is 8.63. The van der Waals surface area contributed by atoms with Gasteiger partial charge in [0.15, 0.2) is 10.8 Å². The van der Waals surface area contributed by atoms with Crippen molar-refractivity contribution in [3.05, 3.63) is 41.6 Å². The molecule has 1 aliphatic heterocycles. The number of hydrogen-bond donors (Lipinski definition) is 1. The number of aromatic nitrogens is 4. The number of amides is 1. The van der Waals surface area contributed by atoms with Crippen LogP contribution in [0.3, 0.4) is 0 Å². The second kappa shape index (κ2) is 9.13. The zero-order valence-corrected chi connectivity index (χ0v) is 17.7. The highest BCUT2D eigenvalue weighted by Gasteiger charge is 2.20. The molecule has 1 fully saturated rings. The summed E-state index contributed by atoms with van der Waals surface area (Å²) in [6.45, 7) is 5.04. The first-order chi connectivity index (χ1) is 14.7. The van der Waals surface area contributed by atoms with E-state index >= 15 is 0 Å². The van der Waals surface area contributed by atoms with Gasteiger partial charge in [0.05, 0.1) is 29.8 Å². The average molecular weight is 422 g/mol. The van der Waals surface area contributed by atoms with Crippen molar-refractivity contribution in [2.24, 2.45) is 0 Å². The Hall–Kier alpha value is -3.12. The standard InChI is InChI=1S/C21H23N7OS/c1-2-30-21-25-18(27-10-3-4-11-27)17-14-24-28(19(17)26-21)12-9-23-20(29)16-7-5-15(13-22)6-8-16/h5-8,14H,2-4,9-12H2,1H3,(H,23,29). The van der Waals surface area contributed by atoms with Gasteiger partial charge in [-0.3, -0.25) is 4.79 Å². The molecule has 8 nitrogen and oxygen atoms in total. The maximum Gasteiger partial charge on any atom is 0.251 e. The third-order valence-corrected chi connectivity index (χ3v) is 5.75.